The largest absolute Gasteiger partial charge is 0.381 e. The molecule has 1 unspecified atom stereocenters. The van der Waals surface area contributed by atoms with Crippen molar-refractivity contribution in [2.75, 3.05) is 59.7 Å². The van der Waals surface area contributed by atoms with Gasteiger partial charge >= 0.3 is 0 Å². The van der Waals surface area contributed by atoms with Crippen molar-refractivity contribution in [1.29, 1.82) is 0 Å². The van der Waals surface area contributed by atoms with Crippen LogP contribution in [0, 0.1) is 5.41 Å². The van der Waals surface area contributed by atoms with Gasteiger partial charge in [0.1, 0.15) is 0 Å². The quantitative estimate of drug-likeness (QED) is 0.613. The zero-order valence-corrected chi connectivity index (χ0v) is 11.6. The summed E-state index contributed by atoms with van der Waals surface area (Å²) in [5.74, 6) is 0. The van der Waals surface area contributed by atoms with Crippen LogP contribution in [0.3, 0.4) is 0 Å². The van der Waals surface area contributed by atoms with E-state index in [0.717, 1.165) is 52.6 Å². The molecule has 0 aromatic rings. The number of nitrogens with zero attached hydrogens (tertiary/aromatic N) is 1. The molecule has 0 radical (unpaired) electrons. The van der Waals surface area contributed by atoms with E-state index in [1.54, 1.807) is 0 Å². The molecule has 17 heavy (non-hydrogen) atoms. The van der Waals surface area contributed by atoms with E-state index in [2.05, 4.69) is 24.2 Å². The summed E-state index contributed by atoms with van der Waals surface area (Å²) in [6.07, 6.45) is 1.17. The van der Waals surface area contributed by atoms with Gasteiger partial charge in [0.05, 0.1) is 13.2 Å². The fourth-order valence-electron chi connectivity index (χ4n) is 2.38. The maximum Gasteiger partial charge on any atom is 0.0593 e. The van der Waals surface area contributed by atoms with Crippen molar-refractivity contribution in [3.8, 4) is 0 Å². The summed E-state index contributed by atoms with van der Waals surface area (Å²) in [4.78, 5) is 2.36. The third-order valence-corrected chi connectivity index (χ3v) is 3.36. The Morgan fingerprint density at radius 3 is 2.82 bits per heavy atom. The summed E-state index contributed by atoms with van der Waals surface area (Å²) >= 11 is 0. The Kier molecular flexibility index (Phi) is 7.04. The Labute approximate surface area is 106 Å². The minimum absolute atomic E-state index is 0.303. The lowest BCUT2D eigenvalue weighted by molar-refractivity contribution is 0.0877. The smallest absolute Gasteiger partial charge is 0.0593 e. The summed E-state index contributed by atoms with van der Waals surface area (Å²) in [5, 5.41) is 3.47. The number of hydrogen-bond donors (Lipinski definition) is 1. The zero-order chi connectivity index (χ0) is 12.6. The number of ether oxygens (including phenoxy) is 2. The fraction of sp³-hybridized carbons (Fsp3) is 1.00. The van der Waals surface area contributed by atoms with Crippen molar-refractivity contribution >= 4 is 0 Å². The van der Waals surface area contributed by atoms with Crippen molar-refractivity contribution in [2.24, 2.45) is 5.41 Å². The van der Waals surface area contributed by atoms with Gasteiger partial charge in [0.2, 0.25) is 0 Å². The highest BCUT2D eigenvalue weighted by molar-refractivity contribution is 4.87. The van der Waals surface area contributed by atoms with E-state index in [9.17, 15) is 0 Å². The summed E-state index contributed by atoms with van der Waals surface area (Å²) in [7, 11) is 2.17. The van der Waals surface area contributed by atoms with Crippen molar-refractivity contribution in [2.45, 2.75) is 20.3 Å². The van der Waals surface area contributed by atoms with Crippen LogP contribution in [0.1, 0.15) is 20.3 Å². The zero-order valence-electron chi connectivity index (χ0n) is 11.6. The molecule has 0 spiro atoms. The highest BCUT2D eigenvalue weighted by Gasteiger charge is 2.35. The molecular formula is C13H28N2O2. The summed E-state index contributed by atoms with van der Waals surface area (Å²) in [5.41, 5.74) is 0.303. The fourth-order valence-corrected chi connectivity index (χ4v) is 2.38. The predicted molar refractivity (Wildman–Crippen MR) is 70.4 cm³/mol. The van der Waals surface area contributed by atoms with Crippen LogP contribution < -0.4 is 5.32 Å². The van der Waals surface area contributed by atoms with Gasteiger partial charge in [-0.3, -0.25) is 0 Å². The second-order valence-electron chi connectivity index (χ2n) is 5.02. The van der Waals surface area contributed by atoms with Crippen LogP contribution in [-0.4, -0.2) is 64.6 Å². The van der Waals surface area contributed by atoms with Gasteiger partial charge in [0.25, 0.3) is 0 Å². The first kappa shape index (κ1) is 14.9. The molecule has 1 fully saturated rings. The van der Waals surface area contributed by atoms with Crippen LogP contribution in [-0.2, 0) is 9.47 Å². The molecule has 1 aliphatic heterocycles. The van der Waals surface area contributed by atoms with Gasteiger partial charge in [0, 0.05) is 38.3 Å². The molecule has 0 saturated carbocycles. The number of hydrogen-bond acceptors (Lipinski definition) is 4. The van der Waals surface area contributed by atoms with Crippen LogP contribution in [0.2, 0.25) is 0 Å². The van der Waals surface area contributed by atoms with Gasteiger partial charge in [0.15, 0.2) is 0 Å². The monoisotopic (exact) mass is 244 g/mol. The molecular weight excluding hydrogens is 216 g/mol. The molecule has 4 heteroatoms. The highest BCUT2D eigenvalue weighted by atomic mass is 16.5. The number of likely N-dealkylation sites (N-methyl/N-ethyl adjacent to an activating group) is 1. The van der Waals surface area contributed by atoms with E-state index in [1.165, 1.54) is 6.42 Å². The van der Waals surface area contributed by atoms with Crippen molar-refractivity contribution < 1.29 is 9.47 Å². The van der Waals surface area contributed by atoms with Crippen LogP contribution >= 0.6 is 0 Å². The summed E-state index contributed by atoms with van der Waals surface area (Å²) in [6.45, 7) is 11.8. The normalized spacial score (nSPS) is 24.7. The van der Waals surface area contributed by atoms with Crippen LogP contribution in [0.4, 0.5) is 0 Å². The van der Waals surface area contributed by atoms with E-state index in [-0.39, 0.29) is 0 Å². The Balaban J connectivity index is 2.32. The summed E-state index contributed by atoms with van der Waals surface area (Å²) in [6, 6.07) is 0. The number of rotatable bonds is 9. The van der Waals surface area contributed by atoms with Crippen LogP contribution in [0.25, 0.3) is 0 Å². The molecule has 1 N–H and O–H groups in total. The van der Waals surface area contributed by atoms with E-state index in [0.29, 0.717) is 5.41 Å². The maximum absolute atomic E-state index is 5.59. The maximum atomic E-state index is 5.59. The highest BCUT2D eigenvalue weighted by Crippen LogP contribution is 2.28. The van der Waals surface area contributed by atoms with Gasteiger partial charge < -0.3 is 19.7 Å². The molecule has 102 valence electrons. The lowest BCUT2D eigenvalue weighted by Gasteiger charge is -2.32. The van der Waals surface area contributed by atoms with E-state index >= 15 is 0 Å². The van der Waals surface area contributed by atoms with E-state index in [1.807, 2.05) is 6.92 Å². The first-order chi connectivity index (χ1) is 8.22. The molecule has 4 nitrogen and oxygen atoms in total. The van der Waals surface area contributed by atoms with Crippen LogP contribution in [0.15, 0.2) is 0 Å². The number of nitrogens with one attached hydrogen (secondary N) is 1. The van der Waals surface area contributed by atoms with Crippen molar-refractivity contribution in [3.05, 3.63) is 0 Å². The average molecular weight is 244 g/mol. The van der Waals surface area contributed by atoms with E-state index < -0.39 is 0 Å². The molecule has 1 atom stereocenters. The molecule has 1 heterocycles. The SMILES string of the molecule is CCNCC1(CN(C)CCOCC)CCOC1. The molecule has 1 rings (SSSR count). The summed E-state index contributed by atoms with van der Waals surface area (Å²) < 4.78 is 11.0. The van der Waals surface area contributed by atoms with E-state index in [4.69, 9.17) is 9.47 Å². The standard InChI is InChI=1S/C13H28N2O2/c1-4-14-10-13(6-8-17-12-13)11-15(3)7-9-16-5-2/h14H,4-12H2,1-3H3. The first-order valence-corrected chi connectivity index (χ1v) is 6.77. The third kappa shape index (κ3) is 5.34. The average Bonchev–Trinajstić information content (AvgIpc) is 2.76. The molecule has 0 aromatic heterocycles. The minimum atomic E-state index is 0.303. The lowest BCUT2D eigenvalue weighted by atomic mass is 9.86. The Hall–Kier alpha value is -0.160. The van der Waals surface area contributed by atoms with Gasteiger partial charge in [-0.15, -0.1) is 0 Å². The van der Waals surface area contributed by atoms with Crippen molar-refractivity contribution in [3.63, 3.8) is 0 Å². The van der Waals surface area contributed by atoms with Gasteiger partial charge in [-0.25, -0.2) is 0 Å². The Bertz CT molecular complexity index is 194. The first-order valence-electron chi connectivity index (χ1n) is 6.77. The molecule has 1 aliphatic rings. The van der Waals surface area contributed by atoms with Crippen LogP contribution in [0.5, 0.6) is 0 Å². The van der Waals surface area contributed by atoms with Gasteiger partial charge in [-0.05, 0) is 26.9 Å². The molecule has 0 amide bonds. The Morgan fingerprint density at radius 2 is 2.24 bits per heavy atom. The minimum Gasteiger partial charge on any atom is -0.381 e. The lowest BCUT2D eigenvalue weighted by Crippen LogP contribution is -2.44. The molecule has 0 bridgehead atoms. The molecule has 1 saturated heterocycles. The van der Waals surface area contributed by atoms with Crippen molar-refractivity contribution in [1.82, 2.24) is 10.2 Å². The third-order valence-electron chi connectivity index (χ3n) is 3.36. The predicted octanol–water partition coefficient (Wildman–Crippen LogP) is 0.971. The molecule has 0 aromatic carbocycles. The van der Waals surface area contributed by atoms with Gasteiger partial charge in [-0.1, -0.05) is 6.92 Å². The topological polar surface area (TPSA) is 33.7 Å². The second-order valence-corrected chi connectivity index (χ2v) is 5.02. The second kappa shape index (κ2) is 8.03. The molecule has 0 aliphatic carbocycles. The Morgan fingerprint density at radius 1 is 1.41 bits per heavy atom. The van der Waals surface area contributed by atoms with Gasteiger partial charge in [-0.2, -0.15) is 0 Å².